The molecule has 0 unspecified atom stereocenters. The molecule has 1 aromatic heterocycles. The lowest BCUT2D eigenvalue weighted by Gasteiger charge is -2.14. The average Bonchev–Trinajstić information content (AvgIpc) is 3.20. The Balaban J connectivity index is 1.84. The molecule has 0 radical (unpaired) electrons. The Morgan fingerprint density at radius 2 is 1.24 bits per heavy atom. The zero-order chi connectivity index (χ0) is 24.2. The predicted molar refractivity (Wildman–Crippen MR) is 144 cm³/mol. The van der Waals surface area contributed by atoms with E-state index in [1.165, 1.54) is 0 Å². The van der Waals surface area contributed by atoms with Gasteiger partial charge in [0.05, 0.1) is 18.0 Å². The van der Waals surface area contributed by atoms with Crippen LogP contribution in [0, 0.1) is 0 Å². The van der Waals surface area contributed by atoms with Gasteiger partial charge < -0.3 is 19.5 Å². The summed E-state index contributed by atoms with van der Waals surface area (Å²) in [6, 6.07) is 25.4. The number of aliphatic hydroxyl groups excluding tert-OH is 1. The molecular formula is C29H32N4O. The highest BCUT2D eigenvalue weighted by atomic mass is 16.2. The molecule has 0 aliphatic rings. The van der Waals surface area contributed by atoms with Gasteiger partial charge in [-0.1, -0.05) is 60.7 Å². The number of anilines is 2. The quantitative estimate of drug-likeness (QED) is 0.399. The van der Waals surface area contributed by atoms with Gasteiger partial charge in [0.1, 0.15) is 5.82 Å². The zero-order valence-electron chi connectivity index (χ0n) is 20.5. The Bertz CT molecular complexity index is 1270. The molecule has 4 aromatic rings. The van der Waals surface area contributed by atoms with Gasteiger partial charge in [-0.05, 0) is 29.8 Å². The minimum absolute atomic E-state index is 0.0348. The van der Waals surface area contributed by atoms with Gasteiger partial charge in [0, 0.05) is 63.3 Å². The van der Waals surface area contributed by atoms with Crippen LogP contribution in [0.3, 0.4) is 0 Å². The van der Waals surface area contributed by atoms with Gasteiger partial charge in [-0.3, -0.25) is 0 Å². The summed E-state index contributed by atoms with van der Waals surface area (Å²) in [5.41, 5.74) is 8.67. The van der Waals surface area contributed by atoms with Gasteiger partial charge in [0.15, 0.2) is 0 Å². The molecule has 0 atom stereocenters. The van der Waals surface area contributed by atoms with E-state index < -0.39 is 0 Å². The molecule has 0 bridgehead atoms. The molecule has 1 heterocycles. The molecule has 4 rings (SSSR count). The first-order valence-corrected chi connectivity index (χ1v) is 11.4. The van der Waals surface area contributed by atoms with Crippen LogP contribution in [0.1, 0.15) is 5.56 Å². The van der Waals surface area contributed by atoms with Gasteiger partial charge in [-0.25, -0.2) is 4.98 Å². The van der Waals surface area contributed by atoms with Gasteiger partial charge in [0.25, 0.3) is 0 Å². The van der Waals surface area contributed by atoms with Crippen molar-refractivity contribution in [1.82, 2.24) is 9.55 Å². The van der Waals surface area contributed by atoms with E-state index in [1.54, 1.807) is 6.08 Å². The van der Waals surface area contributed by atoms with E-state index in [4.69, 9.17) is 10.1 Å². The maximum absolute atomic E-state index is 9.04. The number of nitrogens with zero attached hydrogens (tertiary/aromatic N) is 4. The van der Waals surface area contributed by atoms with Crippen LogP contribution in [0.4, 0.5) is 11.4 Å². The van der Waals surface area contributed by atoms with E-state index in [0.717, 1.165) is 50.8 Å². The fraction of sp³-hybridized carbons (Fsp3) is 0.207. The molecule has 0 saturated heterocycles. The number of hydrogen-bond donors (Lipinski definition) is 1. The van der Waals surface area contributed by atoms with E-state index in [0.29, 0.717) is 0 Å². The Kier molecular flexibility index (Phi) is 6.85. The maximum Gasteiger partial charge on any atom is 0.140 e. The van der Waals surface area contributed by atoms with Crippen LogP contribution >= 0.6 is 0 Å². The van der Waals surface area contributed by atoms with Gasteiger partial charge >= 0.3 is 0 Å². The molecule has 0 fully saturated rings. The third-order valence-electron chi connectivity index (χ3n) is 5.99. The second-order valence-corrected chi connectivity index (χ2v) is 8.78. The topological polar surface area (TPSA) is 44.5 Å². The molecule has 0 aliphatic carbocycles. The van der Waals surface area contributed by atoms with Crippen LogP contribution in [0.5, 0.6) is 0 Å². The van der Waals surface area contributed by atoms with E-state index >= 15 is 0 Å². The highest BCUT2D eigenvalue weighted by Crippen LogP contribution is 2.36. The molecule has 1 N–H and O–H groups in total. The van der Waals surface area contributed by atoms with E-state index in [9.17, 15) is 0 Å². The summed E-state index contributed by atoms with van der Waals surface area (Å²) in [4.78, 5) is 9.33. The minimum Gasteiger partial charge on any atom is -0.392 e. The molecule has 0 saturated carbocycles. The first-order chi connectivity index (χ1) is 16.4. The molecule has 5 heteroatoms. The van der Waals surface area contributed by atoms with Gasteiger partial charge in [-0.15, -0.1) is 0 Å². The van der Waals surface area contributed by atoms with Crippen molar-refractivity contribution in [3.63, 3.8) is 0 Å². The third-order valence-corrected chi connectivity index (χ3v) is 5.99. The van der Waals surface area contributed by atoms with E-state index in [2.05, 4.69) is 82.1 Å². The van der Waals surface area contributed by atoms with Crippen LogP contribution in [0.15, 0.2) is 78.9 Å². The lowest BCUT2D eigenvalue weighted by atomic mass is 10.0. The Morgan fingerprint density at radius 1 is 0.735 bits per heavy atom. The molecule has 0 spiro atoms. The number of benzene rings is 3. The van der Waals surface area contributed by atoms with Crippen molar-refractivity contribution in [1.29, 1.82) is 0 Å². The Hall–Kier alpha value is -3.83. The van der Waals surface area contributed by atoms with Crippen LogP contribution in [0.25, 0.3) is 40.0 Å². The normalized spacial score (nSPS) is 11.2. The molecule has 34 heavy (non-hydrogen) atoms. The van der Waals surface area contributed by atoms with Gasteiger partial charge in [-0.2, -0.15) is 0 Å². The number of rotatable bonds is 7. The van der Waals surface area contributed by atoms with E-state index in [-0.39, 0.29) is 6.61 Å². The van der Waals surface area contributed by atoms with E-state index in [1.807, 2.05) is 46.4 Å². The maximum atomic E-state index is 9.04. The van der Waals surface area contributed by atoms with Crippen LogP contribution in [-0.4, -0.2) is 49.5 Å². The second kappa shape index (κ2) is 9.98. The van der Waals surface area contributed by atoms with Crippen molar-refractivity contribution in [2.24, 2.45) is 7.05 Å². The average molecular weight is 453 g/mol. The van der Waals surface area contributed by atoms with Crippen molar-refractivity contribution in [3.05, 3.63) is 84.4 Å². The summed E-state index contributed by atoms with van der Waals surface area (Å²) < 4.78 is 2.18. The predicted octanol–water partition coefficient (Wildman–Crippen LogP) is 5.56. The van der Waals surface area contributed by atoms with Crippen LogP contribution < -0.4 is 9.80 Å². The number of hydrogen-bond acceptors (Lipinski definition) is 4. The number of imidazole rings is 1. The first kappa shape index (κ1) is 23.3. The lowest BCUT2D eigenvalue weighted by molar-refractivity contribution is 0.343. The minimum atomic E-state index is 0.0348. The van der Waals surface area contributed by atoms with Crippen molar-refractivity contribution >= 4 is 17.5 Å². The lowest BCUT2D eigenvalue weighted by Crippen LogP contribution is -2.08. The fourth-order valence-corrected chi connectivity index (χ4v) is 4.06. The first-order valence-electron chi connectivity index (χ1n) is 11.4. The smallest absolute Gasteiger partial charge is 0.140 e. The molecule has 0 aliphatic heterocycles. The third kappa shape index (κ3) is 4.75. The molecule has 0 amide bonds. The van der Waals surface area contributed by atoms with Crippen molar-refractivity contribution in [3.8, 4) is 33.9 Å². The summed E-state index contributed by atoms with van der Waals surface area (Å²) in [6.45, 7) is 0.0348. The highest BCUT2D eigenvalue weighted by molar-refractivity contribution is 5.83. The summed E-state index contributed by atoms with van der Waals surface area (Å²) >= 11 is 0. The summed E-state index contributed by atoms with van der Waals surface area (Å²) in [6.07, 6.45) is 3.65. The summed E-state index contributed by atoms with van der Waals surface area (Å²) in [5.74, 6) is 0.913. The van der Waals surface area contributed by atoms with Crippen molar-refractivity contribution in [2.75, 3.05) is 44.6 Å². The Labute approximate surface area is 202 Å². The van der Waals surface area contributed by atoms with Crippen LogP contribution in [-0.2, 0) is 7.05 Å². The standard InChI is InChI=1S/C29H32N4O/c1-31(2)25-16-12-22(13-17-25)27-28(23-14-18-26(19-15-23)32(3)4)33(5)29(30-27)24-10-8-21(9-11-24)7-6-20-34/h6-19,34H,20H2,1-5H3. The number of aromatic nitrogens is 2. The Morgan fingerprint density at radius 3 is 1.74 bits per heavy atom. The SMILES string of the molecule is CN(C)c1ccc(-c2nc(-c3ccc(C=CCO)cc3)n(C)c2-c2ccc(N(C)C)cc2)cc1. The summed E-state index contributed by atoms with van der Waals surface area (Å²) in [7, 11) is 10.3. The largest absolute Gasteiger partial charge is 0.392 e. The van der Waals surface area contributed by atoms with Crippen molar-refractivity contribution in [2.45, 2.75) is 0 Å². The molecular weight excluding hydrogens is 420 g/mol. The van der Waals surface area contributed by atoms with Crippen molar-refractivity contribution < 1.29 is 5.11 Å². The zero-order valence-corrected chi connectivity index (χ0v) is 20.5. The van der Waals surface area contributed by atoms with Gasteiger partial charge in [0.2, 0.25) is 0 Å². The molecule has 3 aromatic carbocycles. The number of aliphatic hydroxyl groups is 1. The second-order valence-electron chi connectivity index (χ2n) is 8.78. The van der Waals surface area contributed by atoms with Crippen LogP contribution in [0.2, 0.25) is 0 Å². The summed E-state index contributed by atoms with van der Waals surface area (Å²) in [5, 5.41) is 9.04. The molecule has 5 nitrogen and oxygen atoms in total. The molecule has 174 valence electrons. The monoisotopic (exact) mass is 452 g/mol. The fourth-order valence-electron chi connectivity index (χ4n) is 4.06. The highest BCUT2D eigenvalue weighted by Gasteiger charge is 2.19.